The predicted octanol–water partition coefficient (Wildman–Crippen LogP) is 5.16. The molecule has 0 radical (unpaired) electrons. The molecule has 1 saturated heterocycles. The number of morpholine rings is 1. The van der Waals surface area contributed by atoms with Crippen molar-refractivity contribution < 1.29 is 22.7 Å². The van der Waals surface area contributed by atoms with Gasteiger partial charge in [0, 0.05) is 48.2 Å². The van der Waals surface area contributed by atoms with Gasteiger partial charge in [-0.3, -0.25) is 4.79 Å². The van der Waals surface area contributed by atoms with Crippen LogP contribution in [-0.2, 0) is 17.3 Å². The van der Waals surface area contributed by atoms with Gasteiger partial charge in [-0.15, -0.1) is 0 Å². The first kappa shape index (κ1) is 25.1. The molecule has 0 saturated carbocycles. The minimum atomic E-state index is -4.53. The number of rotatable bonds is 4. The molecule has 2 aliphatic heterocycles. The lowest BCUT2D eigenvalue weighted by atomic mass is 9.93. The topological polar surface area (TPSA) is 80.5 Å². The molecule has 6 nitrogen and oxygen atoms in total. The van der Waals surface area contributed by atoms with Crippen LogP contribution in [0.15, 0.2) is 48.7 Å². The summed E-state index contributed by atoms with van der Waals surface area (Å²) in [6, 6.07) is 11.6. The van der Waals surface area contributed by atoms with Gasteiger partial charge in [-0.05, 0) is 53.3 Å². The minimum absolute atomic E-state index is 0.118. The van der Waals surface area contributed by atoms with Crippen molar-refractivity contribution in [1.29, 1.82) is 0 Å². The summed E-state index contributed by atoms with van der Waals surface area (Å²) < 4.78 is 48.4. The molecule has 0 bridgehead atoms. The highest BCUT2D eigenvalue weighted by Gasteiger charge is 2.36. The minimum Gasteiger partial charge on any atom is -0.383 e. The summed E-state index contributed by atoms with van der Waals surface area (Å²) in [6.07, 6.45) is -2.47. The molecule has 5 rings (SSSR count). The fourth-order valence-corrected chi connectivity index (χ4v) is 4.98. The van der Waals surface area contributed by atoms with Crippen LogP contribution in [0.5, 0.6) is 0 Å². The molecule has 3 aromatic rings. The van der Waals surface area contributed by atoms with Crippen LogP contribution < -0.4 is 16.0 Å². The van der Waals surface area contributed by atoms with Crippen molar-refractivity contribution in [2.24, 2.45) is 5.92 Å². The normalized spacial score (nSPS) is 18.1. The average molecular weight is 511 g/mol. The van der Waals surface area contributed by atoms with E-state index >= 15 is 0 Å². The Morgan fingerprint density at radius 1 is 1.08 bits per heavy atom. The second-order valence-corrected chi connectivity index (χ2v) is 9.86. The molecule has 3 N–H and O–H groups in total. The molecule has 1 amide bonds. The molecule has 0 unspecified atom stereocenters. The number of nitrogens with two attached hydrogens (primary N) is 1. The highest BCUT2D eigenvalue weighted by molar-refractivity contribution is 5.97. The van der Waals surface area contributed by atoms with E-state index in [2.05, 4.69) is 10.3 Å². The third-order valence-electron chi connectivity index (χ3n) is 7.07. The van der Waals surface area contributed by atoms with Crippen molar-refractivity contribution >= 4 is 17.4 Å². The van der Waals surface area contributed by atoms with E-state index in [0.29, 0.717) is 54.9 Å². The Labute approximate surface area is 213 Å². The van der Waals surface area contributed by atoms with Gasteiger partial charge in [0.05, 0.1) is 18.3 Å². The van der Waals surface area contributed by atoms with Crippen LogP contribution in [0.2, 0.25) is 0 Å². The zero-order chi connectivity index (χ0) is 26.3. The summed E-state index contributed by atoms with van der Waals surface area (Å²) in [6.45, 7) is 5.75. The maximum Gasteiger partial charge on any atom is 0.418 e. The number of carbonyl (C=O) groups is 1. The van der Waals surface area contributed by atoms with Gasteiger partial charge in [0.2, 0.25) is 0 Å². The number of alkyl halides is 3. The number of nitrogens with zero attached hydrogens (tertiary/aromatic N) is 2. The SMILES string of the molecule is CC(C)[C@@H]1CN(c2ccc(-c3cnc(N)c(-c4ccc5c(c4)CCNC5=O)c3)cc2C(F)(F)F)CCO1. The number of nitrogens with one attached hydrogen (secondary N) is 1. The molecule has 0 spiro atoms. The number of amides is 1. The number of carbonyl (C=O) groups excluding carboxylic acids is 1. The fourth-order valence-electron chi connectivity index (χ4n) is 4.98. The average Bonchev–Trinajstić information content (AvgIpc) is 2.88. The maximum absolute atomic E-state index is 14.2. The number of hydrogen-bond acceptors (Lipinski definition) is 5. The Hall–Kier alpha value is -3.59. The first-order chi connectivity index (χ1) is 17.6. The molecule has 9 heteroatoms. The number of halogens is 3. The quantitative estimate of drug-likeness (QED) is 0.507. The molecule has 194 valence electrons. The molecular formula is C28H29F3N4O2. The van der Waals surface area contributed by atoms with Gasteiger partial charge in [0.15, 0.2) is 0 Å². The predicted molar refractivity (Wildman–Crippen MR) is 137 cm³/mol. The number of hydrogen-bond donors (Lipinski definition) is 2. The van der Waals surface area contributed by atoms with E-state index in [1.807, 2.05) is 19.9 Å². The Kier molecular flexibility index (Phi) is 6.58. The number of anilines is 2. The molecule has 1 atom stereocenters. The molecule has 37 heavy (non-hydrogen) atoms. The number of nitrogen functional groups attached to an aromatic ring is 1. The van der Waals surface area contributed by atoms with E-state index < -0.39 is 11.7 Å². The highest BCUT2D eigenvalue weighted by Crippen LogP contribution is 2.41. The number of benzene rings is 2. The summed E-state index contributed by atoms with van der Waals surface area (Å²) >= 11 is 0. The van der Waals surface area contributed by atoms with Crippen LogP contribution in [0.3, 0.4) is 0 Å². The zero-order valence-corrected chi connectivity index (χ0v) is 20.7. The first-order valence-corrected chi connectivity index (χ1v) is 12.4. The van der Waals surface area contributed by atoms with Gasteiger partial charge in [-0.1, -0.05) is 32.0 Å². The summed E-state index contributed by atoms with van der Waals surface area (Å²) in [7, 11) is 0. The monoisotopic (exact) mass is 510 g/mol. The Balaban J connectivity index is 1.52. The van der Waals surface area contributed by atoms with Gasteiger partial charge in [-0.25, -0.2) is 4.98 Å². The zero-order valence-electron chi connectivity index (χ0n) is 20.7. The third kappa shape index (κ3) is 5.00. The van der Waals surface area contributed by atoms with E-state index in [1.54, 1.807) is 29.2 Å². The Morgan fingerprint density at radius 3 is 2.62 bits per heavy atom. The van der Waals surface area contributed by atoms with Crippen LogP contribution >= 0.6 is 0 Å². The van der Waals surface area contributed by atoms with Crippen molar-refractivity contribution in [3.05, 3.63) is 65.4 Å². The van der Waals surface area contributed by atoms with Gasteiger partial charge in [-0.2, -0.15) is 13.2 Å². The molecule has 1 fully saturated rings. The first-order valence-electron chi connectivity index (χ1n) is 12.4. The molecule has 2 aromatic carbocycles. The number of aromatic nitrogens is 1. The van der Waals surface area contributed by atoms with Gasteiger partial charge in [0.25, 0.3) is 5.91 Å². The second-order valence-electron chi connectivity index (χ2n) is 9.86. The molecule has 2 aliphatic rings. The number of ether oxygens (including phenoxy) is 1. The smallest absolute Gasteiger partial charge is 0.383 e. The van der Waals surface area contributed by atoms with Crippen molar-refractivity contribution in [2.45, 2.75) is 32.5 Å². The summed E-state index contributed by atoms with van der Waals surface area (Å²) in [4.78, 5) is 18.1. The number of pyridine rings is 1. The molecule has 1 aromatic heterocycles. The molecule has 0 aliphatic carbocycles. The largest absolute Gasteiger partial charge is 0.418 e. The maximum atomic E-state index is 14.2. The standard InChI is InChI=1S/C28H29F3N4O2/c1-16(2)25-15-35(9-10-37-25)24-6-4-17(13-23(24)28(29,30)31)20-12-22(26(32)34-14-20)18-3-5-21-19(11-18)7-8-33-27(21)36/h3-6,11-14,16,25H,7-10,15H2,1-2H3,(H2,32,34)(H,33,36)/t25-/m0/s1. The van der Waals surface area contributed by atoms with E-state index in [-0.39, 0.29) is 29.4 Å². The van der Waals surface area contributed by atoms with Gasteiger partial charge in [0.1, 0.15) is 5.82 Å². The van der Waals surface area contributed by atoms with E-state index in [1.165, 1.54) is 18.3 Å². The van der Waals surface area contributed by atoms with E-state index in [4.69, 9.17) is 10.5 Å². The fraction of sp³-hybridized carbons (Fsp3) is 0.357. The Morgan fingerprint density at radius 2 is 1.86 bits per heavy atom. The van der Waals surface area contributed by atoms with Crippen LogP contribution in [-0.4, -0.2) is 43.2 Å². The van der Waals surface area contributed by atoms with E-state index in [9.17, 15) is 18.0 Å². The molecule has 3 heterocycles. The lowest BCUT2D eigenvalue weighted by Gasteiger charge is -2.37. The summed E-state index contributed by atoms with van der Waals surface area (Å²) in [5, 5.41) is 2.81. The van der Waals surface area contributed by atoms with Crippen LogP contribution in [0.1, 0.15) is 35.3 Å². The van der Waals surface area contributed by atoms with Gasteiger partial charge >= 0.3 is 6.18 Å². The summed E-state index contributed by atoms with van der Waals surface area (Å²) in [5.41, 5.74) is 9.46. The number of fused-ring (bicyclic) bond motifs is 1. The van der Waals surface area contributed by atoms with Crippen LogP contribution in [0.25, 0.3) is 22.3 Å². The Bertz CT molecular complexity index is 1340. The molecular weight excluding hydrogens is 481 g/mol. The van der Waals surface area contributed by atoms with Crippen molar-refractivity contribution in [2.75, 3.05) is 36.9 Å². The van der Waals surface area contributed by atoms with Crippen molar-refractivity contribution in [3.8, 4) is 22.3 Å². The third-order valence-corrected chi connectivity index (χ3v) is 7.07. The van der Waals surface area contributed by atoms with Crippen molar-refractivity contribution in [1.82, 2.24) is 10.3 Å². The van der Waals surface area contributed by atoms with E-state index in [0.717, 1.165) is 11.1 Å². The van der Waals surface area contributed by atoms with Crippen molar-refractivity contribution in [3.63, 3.8) is 0 Å². The van der Waals surface area contributed by atoms with Crippen LogP contribution in [0.4, 0.5) is 24.7 Å². The summed E-state index contributed by atoms with van der Waals surface area (Å²) in [5.74, 6) is 0.353. The second kappa shape index (κ2) is 9.70. The highest BCUT2D eigenvalue weighted by atomic mass is 19.4. The lowest BCUT2D eigenvalue weighted by molar-refractivity contribution is -0.137. The lowest BCUT2D eigenvalue weighted by Crippen LogP contribution is -2.45. The van der Waals surface area contributed by atoms with Crippen LogP contribution in [0, 0.1) is 5.92 Å². The van der Waals surface area contributed by atoms with Gasteiger partial charge < -0.3 is 20.7 Å².